The van der Waals surface area contributed by atoms with E-state index in [1.807, 2.05) is 6.07 Å². The van der Waals surface area contributed by atoms with Crippen LogP contribution < -0.4 is 5.73 Å². The number of hydrogen-bond donors (Lipinski definition) is 1. The lowest BCUT2D eigenvalue weighted by Gasteiger charge is -2.51. The Morgan fingerprint density at radius 2 is 1.71 bits per heavy atom. The normalized spacial score (nSPS) is 28.1. The van der Waals surface area contributed by atoms with E-state index in [0.717, 1.165) is 0 Å². The van der Waals surface area contributed by atoms with E-state index in [1.54, 1.807) is 0 Å². The van der Waals surface area contributed by atoms with E-state index < -0.39 is 47.6 Å². The van der Waals surface area contributed by atoms with Crippen molar-refractivity contribution in [1.82, 2.24) is 9.55 Å². The number of ether oxygens (including phenoxy) is 2. The topological polar surface area (TPSA) is 131 Å². The second-order valence-electron chi connectivity index (χ2n) is 10.7. The zero-order valence-electron chi connectivity index (χ0n) is 22.3. The molecular weight excluding hydrogens is 484 g/mol. The van der Waals surface area contributed by atoms with Gasteiger partial charge in [-0.1, -0.05) is 55.4 Å². The first-order valence-corrected chi connectivity index (χ1v) is 16.3. The minimum Gasteiger partial charge on any atom is -0.455 e. The molecule has 10 nitrogen and oxygen atoms in total. The van der Waals surface area contributed by atoms with Crippen LogP contribution in [0.1, 0.15) is 74.2 Å². The predicted molar refractivity (Wildman–Crippen MR) is 135 cm³/mol. The fourth-order valence-electron chi connectivity index (χ4n) is 5.32. The quantitative estimate of drug-likeness (QED) is 0.431. The predicted octanol–water partition coefficient (Wildman–Crippen LogP) is 4.12. The number of nitrogens with zero attached hydrogens (tertiary/aromatic N) is 3. The first-order valence-electron chi connectivity index (χ1n) is 12.4. The zero-order chi connectivity index (χ0) is 26.3. The van der Waals surface area contributed by atoms with Gasteiger partial charge in [0.05, 0.1) is 6.61 Å². The van der Waals surface area contributed by atoms with Crippen molar-refractivity contribution in [2.24, 2.45) is 0 Å². The number of anilines is 1. The third-order valence-corrected chi connectivity index (χ3v) is 17.4. The summed E-state index contributed by atoms with van der Waals surface area (Å²) in [5.74, 6) is -0.323. The van der Waals surface area contributed by atoms with Crippen molar-refractivity contribution in [3.05, 3.63) is 12.0 Å². The second-order valence-corrected chi connectivity index (χ2v) is 19.5. The Bertz CT molecular complexity index is 944. The summed E-state index contributed by atoms with van der Waals surface area (Å²) < 4.78 is 34.8. The molecule has 0 aliphatic carbocycles. The van der Waals surface area contributed by atoms with E-state index in [-0.39, 0.29) is 40.3 Å². The molecule has 1 aromatic heterocycles. The smallest absolute Gasteiger partial charge is 0.335 e. The molecule has 0 saturated carbocycles. The van der Waals surface area contributed by atoms with Gasteiger partial charge in [0.25, 0.3) is 0 Å². The molecular formula is C23H40N4O6Si2. The third kappa shape index (κ3) is 4.82. The lowest BCUT2D eigenvalue weighted by atomic mass is 10.1. The van der Waals surface area contributed by atoms with Gasteiger partial charge in [0.2, 0.25) is 0 Å². The number of esters is 1. The highest BCUT2D eigenvalue weighted by atomic mass is 28.5. The van der Waals surface area contributed by atoms with Crippen LogP contribution in [0.15, 0.2) is 6.33 Å². The molecule has 2 aliphatic heterocycles. The number of aromatic nitrogens is 2. The van der Waals surface area contributed by atoms with Crippen LogP contribution >= 0.6 is 0 Å². The van der Waals surface area contributed by atoms with Crippen molar-refractivity contribution in [3.63, 3.8) is 0 Å². The van der Waals surface area contributed by atoms with E-state index in [2.05, 4.69) is 60.4 Å². The van der Waals surface area contributed by atoms with Gasteiger partial charge in [-0.3, -0.25) is 9.36 Å². The molecule has 0 spiro atoms. The maximum atomic E-state index is 12.2. The van der Waals surface area contributed by atoms with Crippen molar-refractivity contribution < 1.29 is 27.2 Å². The number of carbonyl (C=O) groups is 1. The molecule has 3 rings (SSSR count). The van der Waals surface area contributed by atoms with Gasteiger partial charge in [-0.25, -0.2) is 4.98 Å². The highest BCUT2D eigenvalue weighted by Crippen LogP contribution is 2.49. The number of fused-ring (bicyclic) bond motifs is 1. The van der Waals surface area contributed by atoms with Crippen LogP contribution in [0, 0.1) is 11.3 Å². The Labute approximate surface area is 210 Å². The van der Waals surface area contributed by atoms with E-state index >= 15 is 0 Å². The number of nitrogens with two attached hydrogens (primary N) is 1. The number of nitrogen functional groups attached to an aromatic ring is 1. The van der Waals surface area contributed by atoms with Crippen molar-refractivity contribution in [2.75, 3.05) is 12.3 Å². The van der Waals surface area contributed by atoms with Crippen LogP contribution in [0.25, 0.3) is 0 Å². The summed E-state index contributed by atoms with van der Waals surface area (Å²) in [5, 5.41) is 9.34. The summed E-state index contributed by atoms with van der Waals surface area (Å²) in [6.07, 6.45) is -1.34. The molecule has 0 radical (unpaired) electrons. The maximum Gasteiger partial charge on any atom is 0.335 e. The Morgan fingerprint density at radius 1 is 1.14 bits per heavy atom. The summed E-state index contributed by atoms with van der Waals surface area (Å²) in [6, 6.07) is 1.97. The Kier molecular flexibility index (Phi) is 8.20. The highest BCUT2D eigenvalue weighted by Gasteiger charge is 2.62. The van der Waals surface area contributed by atoms with Gasteiger partial charge in [-0.05, 0) is 22.2 Å². The van der Waals surface area contributed by atoms with Crippen LogP contribution in [0.5, 0.6) is 0 Å². The van der Waals surface area contributed by atoms with Gasteiger partial charge >= 0.3 is 23.1 Å². The van der Waals surface area contributed by atoms with Crippen LogP contribution in [0.3, 0.4) is 0 Å². The molecule has 2 N–H and O–H groups in total. The fraction of sp³-hybridized carbons (Fsp3) is 0.783. The minimum atomic E-state index is -2.95. The van der Waals surface area contributed by atoms with Gasteiger partial charge in [0.1, 0.15) is 30.4 Å². The van der Waals surface area contributed by atoms with Crippen LogP contribution in [-0.2, 0) is 27.2 Å². The average molecular weight is 525 g/mol. The SMILES string of the molecule is CC(=O)O[C@H]1[C@@H]2O[Si](C(C)C)(C(C)C)O[Si](C(C)C)(C(C)C)OC[C@H]2O[C@H]1n1cnc(C#N)c1N. The monoisotopic (exact) mass is 524 g/mol. The van der Waals surface area contributed by atoms with Crippen LogP contribution in [0.4, 0.5) is 5.82 Å². The minimum absolute atomic E-state index is 0.0825. The first kappa shape index (κ1) is 27.8. The van der Waals surface area contributed by atoms with Crippen LogP contribution in [-0.4, -0.2) is 57.6 Å². The molecule has 4 atom stereocenters. The number of imidazole rings is 1. The van der Waals surface area contributed by atoms with Crippen molar-refractivity contribution in [3.8, 4) is 6.07 Å². The first-order chi connectivity index (χ1) is 16.3. The lowest BCUT2D eigenvalue weighted by molar-refractivity contribution is -0.155. The standard InChI is InChI=1S/C23H40N4O6Si2/c1-13(2)34(14(3)4)29-11-19-20(32-35(33-34,15(5)6)16(7)8)21(30-17(9)28)23(31-19)27-12-26-18(10-24)22(27)25/h12-16,19-21,23H,11,25H2,1-9H3/t19-,20-,21+,23-/m1/s1. The molecule has 12 heteroatoms. The third-order valence-electron chi connectivity index (χ3n) is 7.13. The number of hydrogen-bond acceptors (Lipinski definition) is 9. The number of carbonyl (C=O) groups excluding carboxylic acids is 1. The van der Waals surface area contributed by atoms with Gasteiger partial charge in [-0.2, -0.15) is 5.26 Å². The van der Waals surface area contributed by atoms with E-state index in [0.29, 0.717) is 0 Å². The molecule has 196 valence electrons. The summed E-state index contributed by atoms with van der Waals surface area (Å²) in [4.78, 5) is 16.3. The maximum absolute atomic E-state index is 12.2. The molecule has 3 heterocycles. The molecule has 0 bridgehead atoms. The van der Waals surface area contributed by atoms with Gasteiger partial charge in [-0.15, -0.1) is 0 Å². The zero-order valence-corrected chi connectivity index (χ0v) is 24.3. The molecule has 35 heavy (non-hydrogen) atoms. The van der Waals surface area contributed by atoms with E-state index in [9.17, 15) is 10.1 Å². The Morgan fingerprint density at radius 3 is 2.17 bits per heavy atom. The molecule has 2 saturated heterocycles. The molecule has 0 amide bonds. The second kappa shape index (κ2) is 10.3. The van der Waals surface area contributed by atoms with Crippen molar-refractivity contribution in [1.29, 1.82) is 5.26 Å². The molecule has 2 aliphatic rings. The largest absolute Gasteiger partial charge is 0.455 e. The average Bonchev–Trinajstić information content (AvgIpc) is 3.26. The Hall–Kier alpha value is -1.76. The molecule has 2 fully saturated rings. The fourth-order valence-corrected chi connectivity index (χ4v) is 16.5. The van der Waals surface area contributed by atoms with E-state index in [1.165, 1.54) is 17.8 Å². The van der Waals surface area contributed by atoms with Crippen molar-refractivity contribution in [2.45, 2.75) is 109 Å². The molecule has 1 aromatic rings. The Balaban J connectivity index is 2.15. The lowest BCUT2D eigenvalue weighted by Crippen LogP contribution is -2.66. The summed E-state index contributed by atoms with van der Waals surface area (Å²) in [5.41, 5.74) is 6.86. The summed E-state index contributed by atoms with van der Waals surface area (Å²) in [7, 11) is -5.70. The van der Waals surface area contributed by atoms with E-state index in [4.69, 9.17) is 28.2 Å². The summed E-state index contributed by atoms with van der Waals surface area (Å²) >= 11 is 0. The van der Waals surface area contributed by atoms with Gasteiger partial charge in [0.15, 0.2) is 18.0 Å². The van der Waals surface area contributed by atoms with Gasteiger partial charge < -0.3 is 28.2 Å². The highest BCUT2D eigenvalue weighted by molar-refractivity contribution is 6.84. The van der Waals surface area contributed by atoms with Crippen molar-refractivity contribution >= 4 is 28.9 Å². The number of nitriles is 1. The molecule has 0 aromatic carbocycles. The van der Waals surface area contributed by atoms with Crippen LogP contribution in [0.2, 0.25) is 22.2 Å². The van der Waals surface area contributed by atoms with Gasteiger partial charge in [0, 0.05) is 6.92 Å². The summed E-state index contributed by atoms with van der Waals surface area (Å²) in [6.45, 7) is 18.7. The number of rotatable bonds is 6. The molecule has 0 unspecified atom stereocenters.